The molecule has 1 aliphatic rings. The van der Waals surface area contributed by atoms with Gasteiger partial charge >= 0.3 is 0 Å². The molecule has 1 fully saturated rings. The zero-order chi connectivity index (χ0) is 17.1. The number of anilines is 3. The fourth-order valence-electron chi connectivity index (χ4n) is 2.48. The number of nitrogens with two attached hydrogens (primary N) is 1. The smallest absolute Gasteiger partial charge is 0.230 e. The van der Waals surface area contributed by atoms with Crippen molar-refractivity contribution in [1.82, 2.24) is 15.0 Å². The van der Waals surface area contributed by atoms with Crippen molar-refractivity contribution >= 4 is 23.5 Å². The first-order valence-corrected chi connectivity index (χ1v) is 7.74. The first-order chi connectivity index (χ1) is 11.5. The van der Waals surface area contributed by atoms with E-state index in [4.69, 9.17) is 10.5 Å². The highest BCUT2D eigenvalue weighted by Gasteiger charge is 2.21. The van der Waals surface area contributed by atoms with Crippen LogP contribution in [0.2, 0.25) is 0 Å². The first kappa shape index (κ1) is 16.0. The van der Waals surface area contributed by atoms with Crippen LogP contribution in [-0.4, -0.2) is 41.5 Å². The molecular formula is C16H20N6O2. The van der Waals surface area contributed by atoms with Gasteiger partial charge in [0, 0.05) is 32.7 Å². The number of nitrogens with zero attached hydrogens (tertiary/aromatic N) is 5. The Hall–Kier alpha value is -2.90. The van der Waals surface area contributed by atoms with Crippen molar-refractivity contribution in [2.45, 2.75) is 19.4 Å². The zero-order valence-electron chi connectivity index (χ0n) is 13.8. The predicted molar refractivity (Wildman–Crippen MR) is 90.9 cm³/mol. The molecule has 1 aliphatic heterocycles. The summed E-state index contributed by atoms with van der Waals surface area (Å²) in [4.78, 5) is 27.7. The quantitative estimate of drug-likeness (QED) is 0.881. The average molecular weight is 328 g/mol. The van der Waals surface area contributed by atoms with Crippen LogP contribution < -0.4 is 20.3 Å². The number of nitrogen functional groups attached to an aromatic ring is 1. The molecule has 126 valence electrons. The minimum Gasteiger partial charge on any atom is -0.486 e. The third-order valence-electron chi connectivity index (χ3n) is 3.68. The predicted octanol–water partition coefficient (Wildman–Crippen LogP) is 1.23. The molecule has 0 atom stereocenters. The molecule has 2 aromatic rings. The van der Waals surface area contributed by atoms with Gasteiger partial charge in [0.05, 0.1) is 0 Å². The van der Waals surface area contributed by atoms with Crippen molar-refractivity contribution in [2.75, 3.05) is 36.2 Å². The minimum absolute atomic E-state index is 0.162. The topological polar surface area (TPSA) is 97.5 Å². The van der Waals surface area contributed by atoms with Gasteiger partial charge < -0.3 is 20.3 Å². The van der Waals surface area contributed by atoms with Gasteiger partial charge in [0.25, 0.3) is 0 Å². The molecule has 2 N–H and O–H groups in total. The fraction of sp³-hybridized carbons (Fsp3) is 0.375. The van der Waals surface area contributed by atoms with E-state index in [0.717, 1.165) is 18.7 Å². The second-order valence-corrected chi connectivity index (χ2v) is 5.74. The summed E-state index contributed by atoms with van der Waals surface area (Å²) in [5.74, 6) is 1.96. The van der Waals surface area contributed by atoms with Crippen molar-refractivity contribution in [3.05, 3.63) is 30.1 Å². The monoisotopic (exact) mass is 328 g/mol. The number of hydrogen-bond acceptors (Lipinski definition) is 7. The van der Waals surface area contributed by atoms with Gasteiger partial charge in [-0.3, -0.25) is 4.79 Å². The Kier molecular flexibility index (Phi) is 4.45. The minimum atomic E-state index is 0.162. The number of aromatic nitrogens is 3. The average Bonchev–Trinajstić information content (AvgIpc) is 2.99. The summed E-state index contributed by atoms with van der Waals surface area (Å²) in [6.45, 7) is 0.964. The molecule has 1 saturated heterocycles. The molecule has 24 heavy (non-hydrogen) atoms. The molecule has 1 aromatic carbocycles. The Morgan fingerprint density at radius 3 is 2.58 bits per heavy atom. The van der Waals surface area contributed by atoms with E-state index in [-0.39, 0.29) is 18.5 Å². The Morgan fingerprint density at radius 2 is 1.96 bits per heavy atom. The molecule has 0 unspecified atom stereocenters. The van der Waals surface area contributed by atoms with E-state index in [1.807, 2.05) is 38.4 Å². The van der Waals surface area contributed by atoms with Gasteiger partial charge in [-0.2, -0.15) is 15.0 Å². The van der Waals surface area contributed by atoms with Crippen molar-refractivity contribution in [1.29, 1.82) is 0 Å². The molecule has 0 aliphatic carbocycles. The van der Waals surface area contributed by atoms with Crippen LogP contribution in [0, 0.1) is 0 Å². The maximum absolute atomic E-state index is 11.7. The Morgan fingerprint density at radius 1 is 1.21 bits per heavy atom. The van der Waals surface area contributed by atoms with E-state index < -0.39 is 0 Å². The van der Waals surface area contributed by atoms with Crippen molar-refractivity contribution in [2.24, 2.45) is 0 Å². The molecule has 0 saturated carbocycles. The fourth-order valence-corrected chi connectivity index (χ4v) is 2.48. The van der Waals surface area contributed by atoms with Crippen LogP contribution in [-0.2, 0) is 11.4 Å². The Bertz CT molecular complexity index is 732. The standard InChI is InChI=1S/C16H20N6O2/c1-21(2)16-19-13(18-15(17)20-16)10-24-12-7-5-11(6-8-12)22-9-3-4-14(22)23/h5-8H,3-4,9-10H2,1-2H3,(H2,17,18,19,20). The second kappa shape index (κ2) is 6.69. The van der Waals surface area contributed by atoms with Gasteiger partial charge in [-0.1, -0.05) is 0 Å². The lowest BCUT2D eigenvalue weighted by Crippen LogP contribution is -2.23. The molecule has 1 amide bonds. The van der Waals surface area contributed by atoms with Gasteiger partial charge in [-0.05, 0) is 30.7 Å². The summed E-state index contributed by atoms with van der Waals surface area (Å²) < 4.78 is 5.70. The molecule has 2 heterocycles. The molecule has 0 bridgehead atoms. The summed E-state index contributed by atoms with van der Waals surface area (Å²) in [6, 6.07) is 7.42. The third kappa shape index (κ3) is 3.53. The number of benzene rings is 1. The molecule has 0 spiro atoms. The van der Waals surface area contributed by atoms with E-state index in [2.05, 4.69) is 15.0 Å². The van der Waals surface area contributed by atoms with Crippen LogP contribution >= 0.6 is 0 Å². The van der Waals surface area contributed by atoms with Crippen LogP contribution in [0.4, 0.5) is 17.6 Å². The van der Waals surface area contributed by atoms with Crippen LogP contribution in [0.1, 0.15) is 18.7 Å². The highest BCUT2D eigenvalue weighted by Crippen LogP contribution is 2.24. The third-order valence-corrected chi connectivity index (χ3v) is 3.68. The Balaban J connectivity index is 1.66. The molecular weight excluding hydrogens is 308 g/mol. The number of carbonyl (C=O) groups is 1. The van der Waals surface area contributed by atoms with Gasteiger partial charge in [0.2, 0.25) is 17.8 Å². The summed E-state index contributed by atoms with van der Waals surface area (Å²) in [5, 5.41) is 0. The van der Waals surface area contributed by atoms with Crippen LogP contribution in [0.25, 0.3) is 0 Å². The first-order valence-electron chi connectivity index (χ1n) is 7.74. The largest absolute Gasteiger partial charge is 0.486 e. The van der Waals surface area contributed by atoms with Gasteiger partial charge in [0.1, 0.15) is 12.4 Å². The number of rotatable bonds is 5. The van der Waals surface area contributed by atoms with E-state index in [1.165, 1.54) is 0 Å². The van der Waals surface area contributed by atoms with E-state index in [9.17, 15) is 4.79 Å². The van der Waals surface area contributed by atoms with E-state index >= 15 is 0 Å². The van der Waals surface area contributed by atoms with Crippen LogP contribution in [0.15, 0.2) is 24.3 Å². The zero-order valence-corrected chi connectivity index (χ0v) is 13.8. The number of carbonyl (C=O) groups excluding carboxylic acids is 1. The van der Waals surface area contributed by atoms with E-state index in [1.54, 1.807) is 9.80 Å². The molecule has 0 radical (unpaired) electrons. The maximum Gasteiger partial charge on any atom is 0.230 e. The number of ether oxygens (including phenoxy) is 1. The number of amides is 1. The number of hydrogen-bond donors (Lipinski definition) is 1. The van der Waals surface area contributed by atoms with Gasteiger partial charge in [-0.25, -0.2) is 0 Å². The maximum atomic E-state index is 11.7. The highest BCUT2D eigenvalue weighted by molar-refractivity contribution is 5.95. The lowest BCUT2D eigenvalue weighted by atomic mass is 10.3. The lowest BCUT2D eigenvalue weighted by Gasteiger charge is -2.16. The molecule has 3 rings (SSSR count). The van der Waals surface area contributed by atoms with Crippen molar-refractivity contribution in [3.63, 3.8) is 0 Å². The van der Waals surface area contributed by atoms with Crippen molar-refractivity contribution < 1.29 is 9.53 Å². The van der Waals surface area contributed by atoms with Gasteiger partial charge in [-0.15, -0.1) is 0 Å². The molecule has 8 heteroatoms. The lowest BCUT2D eigenvalue weighted by molar-refractivity contribution is -0.117. The van der Waals surface area contributed by atoms with Crippen molar-refractivity contribution in [3.8, 4) is 5.75 Å². The van der Waals surface area contributed by atoms with Crippen LogP contribution in [0.5, 0.6) is 5.75 Å². The normalized spacial score (nSPS) is 14.1. The molecule has 8 nitrogen and oxygen atoms in total. The summed E-state index contributed by atoms with van der Waals surface area (Å²) in [5.41, 5.74) is 6.58. The highest BCUT2D eigenvalue weighted by atomic mass is 16.5. The summed E-state index contributed by atoms with van der Waals surface area (Å²) >= 11 is 0. The second-order valence-electron chi connectivity index (χ2n) is 5.74. The SMILES string of the molecule is CN(C)c1nc(N)nc(COc2ccc(N3CCCC3=O)cc2)n1. The Labute approximate surface area is 140 Å². The van der Waals surface area contributed by atoms with E-state index in [0.29, 0.717) is 23.9 Å². The van der Waals surface area contributed by atoms with Gasteiger partial charge in [0.15, 0.2) is 5.82 Å². The van der Waals surface area contributed by atoms with Crippen LogP contribution in [0.3, 0.4) is 0 Å². The summed E-state index contributed by atoms with van der Waals surface area (Å²) in [6.07, 6.45) is 1.53. The molecule has 1 aromatic heterocycles. The summed E-state index contributed by atoms with van der Waals surface area (Å²) in [7, 11) is 3.66.